The van der Waals surface area contributed by atoms with Gasteiger partial charge < -0.3 is 4.42 Å². The molecule has 0 aliphatic carbocycles. The number of nitrogens with one attached hydrogen (secondary N) is 1. The van der Waals surface area contributed by atoms with Gasteiger partial charge in [0, 0.05) is 11.6 Å². The van der Waals surface area contributed by atoms with Crippen LogP contribution in [0.15, 0.2) is 64.1 Å². The van der Waals surface area contributed by atoms with Crippen molar-refractivity contribution in [3.05, 3.63) is 86.6 Å². The van der Waals surface area contributed by atoms with Gasteiger partial charge in [0.05, 0.1) is 17.6 Å². The van der Waals surface area contributed by atoms with Crippen LogP contribution in [0.4, 0.5) is 5.69 Å². The summed E-state index contributed by atoms with van der Waals surface area (Å²) in [6.07, 6.45) is 1.58. The molecule has 0 unspecified atom stereocenters. The molecule has 3 rings (SSSR count). The van der Waals surface area contributed by atoms with E-state index in [1.54, 1.807) is 18.2 Å². The second kappa shape index (κ2) is 9.14. The molecule has 0 bridgehead atoms. The van der Waals surface area contributed by atoms with Gasteiger partial charge in [-0.1, -0.05) is 56.6 Å². The van der Waals surface area contributed by atoms with Gasteiger partial charge in [0.1, 0.15) is 16.5 Å². The Morgan fingerprint density at radius 3 is 2.52 bits per heavy atom. The largest absolute Gasteiger partial charge is 0.455 e. The molecule has 0 atom stereocenters. The van der Waals surface area contributed by atoms with E-state index in [1.807, 2.05) is 24.3 Å². The number of nitro groups is 1. The normalized spacial score (nSPS) is 11.6. The molecule has 0 saturated heterocycles. The van der Waals surface area contributed by atoms with Crippen molar-refractivity contribution in [2.75, 3.05) is 0 Å². The fraction of sp³-hybridized carbons (Fsp3) is 0.217. The monoisotopic (exact) mass is 439 g/mol. The van der Waals surface area contributed by atoms with Gasteiger partial charge in [-0.15, -0.1) is 0 Å². The molecule has 31 heavy (non-hydrogen) atoms. The first-order valence-corrected chi connectivity index (χ1v) is 9.97. The molecule has 8 heteroatoms. The van der Waals surface area contributed by atoms with E-state index in [1.165, 1.54) is 23.9 Å². The Labute approximate surface area is 184 Å². The maximum absolute atomic E-state index is 12.1. The van der Waals surface area contributed by atoms with Crippen molar-refractivity contribution in [2.24, 2.45) is 5.10 Å². The van der Waals surface area contributed by atoms with Crippen molar-refractivity contribution in [1.82, 2.24) is 5.43 Å². The molecule has 160 valence electrons. The lowest BCUT2D eigenvalue weighted by molar-refractivity contribution is -0.384. The zero-order chi connectivity index (χ0) is 22.6. The SMILES string of the molecule is CC(C)(C)c1ccc(CC(=O)N/N=C\c2ccc(-c3ccc(Cl)c([N+](=O)[O-])c3)o2)cc1. The van der Waals surface area contributed by atoms with Crippen LogP contribution in [0.1, 0.15) is 37.7 Å². The lowest BCUT2D eigenvalue weighted by Crippen LogP contribution is -2.20. The third kappa shape index (κ3) is 5.79. The highest BCUT2D eigenvalue weighted by molar-refractivity contribution is 6.32. The van der Waals surface area contributed by atoms with Crippen LogP contribution in [0, 0.1) is 10.1 Å². The Morgan fingerprint density at radius 2 is 1.87 bits per heavy atom. The summed E-state index contributed by atoms with van der Waals surface area (Å²) < 4.78 is 5.62. The summed E-state index contributed by atoms with van der Waals surface area (Å²) in [7, 11) is 0. The van der Waals surface area contributed by atoms with Crippen LogP contribution in [0.3, 0.4) is 0 Å². The molecule has 1 N–H and O–H groups in total. The smallest absolute Gasteiger partial charge is 0.288 e. The third-order valence-corrected chi connectivity index (χ3v) is 4.94. The predicted molar refractivity (Wildman–Crippen MR) is 120 cm³/mol. The lowest BCUT2D eigenvalue weighted by atomic mass is 9.86. The van der Waals surface area contributed by atoms with E-state index in [4.69, 9.17) is 16.0 Å². The number of benzene rings is 2. The van der Waals surface area contributed by atoms with Gasteiger partial charge in [-0.05, 0) is 40.8 Å². The summed E-state index contributed by atoms with van der Waals surface area (Å²) in [5.74, 6) is 0.564. The van der Waals surface area contributed by atoms with Gasteiger partial charge in [-0.25, -0.2) is 5.43 Å². The van der Waals surface area contributed by atoms with Crippen molar-refractivity contribution in [2.45, 2.75) is 32.6 Å². The topological polar surface area (TPSA) is 97.7 Å². The van der Waals surface area contributed by atoms with Crippen LogP contribution < -0.4 is 5.43 Å². The standard InChI is InChI=1S/C23H22ClN3O4/c1-23(2,3)17-7-4-15(5-8-17)12-22(28)26-25-14-18-9-11-21(31-18)16-6-10-19(24)20(13-16)27(29)30/h4-11,13-14H,12H2,1-3H3,(H,26,28)/b25-14-. The highest BCUT2D eigenvalue weighted by Gasteiger charge is 2.15. The van der Waals surface area contributed by atoms with Crippen LogP contribution in [0.2, 0.25) is 5.02 Å². The number of furan rings is 1. The van der Waals surface area contributed by atoms with Gasteiger partial charge in [0.25, 0.3) is 5.69 Å². The lowest BCUT2D eigenvalue weighted by Gasteiger charge is -2.19. The number of carbonyl (C=O) groups is 1. The summed E-state index contributed by atoms with van der Waals surface area (Å²) >= 11 is 5.83. The summed E-state index contributed by atoms with van der Waals surface area (Å²) in [5.41, 5.74) is 4.94. The number of hydrazone groups is 1. The summed E-state index contributed by atoms with van der Waals surface area (Å²) in [6.45, 7) is 6.41. The van der Waals surface area contributed by atoms with E-state index < -0.39 is 4.92 Å². The first kappa shape index (κ1) is 22.2. The average molecular weight is 440 g/mol. The number of hydrogen-bond donors (Lipinski definition) is 1. The zero-order valence-electron chi connectivity index (χ0n) is 17.4. The Kier molecular flexibility index (Phi) is 6.56. The Hall–Kier alpha value is -3.45. The second-order valence-electron chi connectivity index (χ2n) is 8.04. The van der Waals surface area contributed by atoms with Crippen LogP contribution >= 0.6 is 11.6 Å². The van der Waals surface area contributed by atoms with E-state index in [0.717, 1.165) is 5.56 Å². The molecule has 1 heterocycles. The van der Waals surface area contributed by atoms with Crippen LogP contribution in [0.5, 0.6) is 0 Å². The fourth-order valence-electron chi connectivity index (χ4n) is 2.90. The molecular weight excluding hydrogens is 418 g/mol. The van der Waals surface area contributed by atoms with E-state index in [2.05, 4.69) is 31.3 Å². The number of amides is 1. The molecule has 0 spiro atoms. The van der Waals surface area contributed by atoms with Crippen molar-refractivity contribution in [3.8, 4) is 11.3 Å². The van der Waals surface area contributed by atoms with Crippen LogP contribution in [-0.2, 0) is 16.6 Å². The maximum Gasteiger partial charge on any atom is 0.288 e. The minimum absolute atomic E-state index is 0.0536. The zero-order valence-corrected chi connectivity index (χ0v) is 18.1. The van der Waals surface area contributed by atoms with Gasteiger partial charge in [0.15, 0.2) is 0 Å². The Balaban J connectivity index is 1.60. The number of rotatable bonds is 6. The molecule has 1 aromatic heterocycles. The van der Waals surface area contributed by atoms with E-state index in [0.29, 0.717) is 17.1 Å². The maximum atomic E-state index is 12.1. The summed E-state index contributed by atoms with van der Waals surface area (Å²) in [4.78, 5) is 22.6. The first-order valence-electron chi connectivity index (χ1n) is 9.59. The molecule has 1 amide bonds. The molecule has 2 aromatic carbocycles. The van der Waals surface area contributed by atoms with Gasteiger partial charge >= 0.3 is 0 Å². The van der Waals surface area contributed by atoms with Gasteiger partial charge in [0.2, 0.25) is 5.91 Å². The molecule has 0 aliphatic heterocycles. The molecule has 0 radical (unpaired) electrons. The third-order valence-electron chi connectivity index (χ3n) is 4.62. The average Bonchev–Trinajstić information content (AvgIpc) is 3.16. The predicted octanol–water partition coefficient (Wildman–Crippen LogP) is 5.50. The minimum Gasteiger partial charge on any atom is -0.455 e. The number of carbonyl (C=O) groups excluding carboxylic acids is 1. The van der Waals surface area contributed by atoms with Crippen molar-refractivity contribution < 1.29 is 14.1 Å². The first-order chi connectivity index (χ1) is 14.6. The molecule has 0 aliphatic rings. The summed E-state index contributed by atoms with van der Waals surface area (Å²) in [6, 6.07) is 15.6. The van der Waals surface area contributed by atoms with Crippen LogP contribution in [0.25, 0.3) is 11.3 Å². The van der Waals surface area contributed by atoms with Gasteiger partial charge in [-0.2, -0.15) is 5.10 Å². The van der Waals surface area contributed by atoms with Crippen LogP contribution in [-0.4, -0.2) is 17.0 Å². The highest BCUT2D eigenvalue weighted by Crippen LogP contribution is 2.31. The van der Waals surface area contributed by atoms with Crippen molar-refractivity contribution in [1.29, 1.82) is 0 Å². The fourth-order valence-corrected chi connectivity index (χ4v) is 3.09. The van der Waals surface area contributed by atoms with Crippen molar-refractivity contribution >= 4 is 29.4 Å². The molecule has 3 aromatic rings. The molecule has 7 nitrogen and oxygen atoms in total. The highest BCUT2D eigenvalue weighted by atomic mass is 35.5. The Bertz CT molecular complexity index is 1130. The van der Waals surface area contributed by atoms with Crippen molar-refractivity contribution in [3.63, 3.8) is 0 Å². The van der Waals surface area contributed by atoms with E-state index in [-0.39, 0.29) is 28.5 Å². The number of hydrogen-bond acceptors (Lipinski definition) is 5. The number of halogens is 1. The van der Waals surface area contributed by atoms with E-state index in [9.17, 15) is 14.9 Å². The summed E-state index contributed by atoms with van der Waals surface area (Å²) in [5, 5.41) is 15.0. The molecule has 0 saturated carbocycles. The quantitative estimate of drug-likeness (QED) is 0.311. The van der Waals surface area contributed by atoms with E-state index >= 15 is 0 Å². The Morgan fingerprint density at radius 1 is 1.16 bits per heavy atom. The number of nitro benzene ring substituents is 1. The van der Waals surface area contributed by atoms with Gasteiger partial charge in [-0.3, -0.25) is 14.9 Å². The second-order valence-corrected chi connectivity index (χ2v) is 8.45. The minimum atomic E-state index is -0.552. The molecule has 0 fully saturated rings. The number of nitrogens with zero attached hydrogens (tertiary/aromatic N) is 2. The molecular formula is C23H22ClN3O4.